The Morgan fingerprint density at radius 2 is 2.00 bits per heavy atom. The topological polar surface area (TPSA) is 82.2 Å². The monoisotopic (exact) mass is 349 g/mol. The average Bonchev–Trinajstić information content (AvgIpc) is 3.30. The molecule has 0 radical (unpaired) electrons. The normalized spacial score (nSPS) is 11.1. The first-order valence-corrected chi connectivity index (χ1v) is 8.29. The zero-order valence-electron chi connectivity index (χ0n) is 14.4. The molecule has 4 rings (SSSR count). The zero-order valence-corrected chi connectivity index (χ0v) is 14.4. The molecule has 4 aromatic rings. The van der Waals surface area contributed by atoms with E-state index in [9.17, 15) is 0 Å². The molecule has 132 valence electrons. The molecule has 0 saturated heterocycles. The number of rotatable bonds is 7. The van der Waals surface area contributed by atoms with E-state index in [1.807, 2.05) is 41.3 Å². The number of nitrogens with one attached hydrogen (secondary N) is 1. The number of benzene rings is 1. The number of anilines is 1. The Hall–Kier alpha value is -3.26. The molecule has 0 atom stereocenters. The molecule has 0 spiro atoms. The second-order valence-corrected chi connectivity index (χ2v) is 5.92. The van der Waals surface area contributed by atoms with Crippen LogP contribution in [0.3, 0.4) is 0 Å². The van der Waals surface area contributed by atoms with Crippen molar-refractivity contribution in [2.75, 3.05) is 12.4 Å². The van der Waals surface area contributed by atoms with Gasteiger partial charge in [0.1, 0.15) is 12.1 Å². The molecule has 0 fully saturated rings. The number of hydrogen-bond acceptors (Lipinski definition) is 6. The van der Waals surface area contributed by atoms with Gasteiger partial charge in [-0.2, -0.15) is 19.7 Å². The number of hydrogen-bond donors (Lipinski definition) is 1. The molecular formula is C18H19N7O. The van der Waals surface area contributed by atoms with Crippen LogP contribution < -0.4 is 5.32 Å². The van der Waals surface area contributed by atoms with E-state index in [0.717, 1.165) is 23.6 Å². The van der Waals surface area contributed by atoms with Crippen molar-refractivity contribution in [3.8, 4) is 0 Å². The molecule has 3 heterocycles. The van der Waals surface area contributed by atoms with Gasteiger partial charge in [0.25, 0.3) is 5.78 Å². The van der Waals surface area contributed by atoms with Gasteiger partial charge in [0.2, 0.25) is 0 Å². The third-order valence-corrected chi connectivity index (χ3v) is 3.94. The van der Waals surface area contributed by atoms with Crippen LogP contribution >= 0.6 is 0 Å². The molecule has 1 aromatic carbocycles. The fraction of sp³-hybridized carbons (Fsp3) is 0.222. The third-order valence-electron chi connectivity index (χ3n) is 3.94. The Labute approximate surface area is 150 Å². The molecule has 8 nitrogen and oxygen atoms in total. The van der Waals surface area contributed by atoms with Gasteiger partial charge in [-0.15, -0.1) is 0 Å². The van der Waals surface area contributed by atoms with Crippen molar-refractivity contribution in [3.63, 3.8) is 0 Å². The summed E-state index contributed by atoms with van der Waals surface area (Å²) < 4.78 is 8.78. The molecule has 1 N–H and O–H groups in total. The highest BCUT2D eigenvalue weighted by Crippen LogP contribution is 2.13. The summed E-state index contributed by atoms with van der Waals surface area (Å²) in [5, 5.41) is 12.0. The smallest absolute Gasteiger partial charge is 0.254 e. The largest absolute Gasteiger partial charge is 0.378 e. The summed E-state index contributed by atoms with van der Waals surface area (Å²) in [5.74, 6) is 1.36. The van der Waals surface area contributed by atoms with Gasteiger partial charge in [-0.3, -0.25) is 4.68 Å². The lowest BCUT2D eigenvalue weighted by molar-refractivity contribution is 0.181. The summed E-state index contributed by atoms with van der Waals surface area (Å²) in [6, 6.07) is 12.2. The fourth-order valence-corrected chi connectivity index (χ4v) is 2.76. The van der Waals surface area contributed by atoms with Crippen molar-refractivity contribution in [3.05, 3.63) is 71.9 Å². The first-order valence-electron chi connectivity index (χ1n) is 8.29. The van der Waals surface area contributed by atoms with E-state index in [4.69, 9.17) is 4.74 Å². The lowest BCUT2D eigenvalue weighted by Crippen LogP contribution is -2.08. The molecule has 0 aliphatic carbocycles. The number of methoxy groups -OCH3 is 1. The van der Waals surface area contributed by atoms with Crippen LogP contribution in [0, 0.1) is 0 Å². The molecule has 26 heavy (non-hydrogen) atoms. The summed E-state index contributed by atoms with van der Waals surface area (Å²) >= 11 is 0. The number of nitrogens with zero attached hydrogens (tertiary/aromatic N) is 6. The van der Waals surface area contributed by atoms with Gasteiger partial charge < -0.3 is 10.1 Å². The zero-order chi connectivity index (χ0) is 17.8. The Balaban J connectivity index is 1.47. The Bertz CT molecular complexity index is 993. The van der Waals surface area contributed by atoms with Crippen LogP contribution in [0.25, 0.3) is 5.78 Å². The molecule has 0 unspecified atom stereocenters. The number of ether oxygens (including phenoxy) is 1. The second-order valence-electron chi connectivity index (χ2n) is 5.92. The Kier molecular flexibility index (Phi) is 4.57. The van der Waals surface area contributed by atoms with Crippen molar-refractivity contribution in [2.45, 2.75) is 19.7 Å². The van der Waals surface area contributed by atoms with E-state index in [2.05, 4.69) is 37.6 Å². The van der Waals surface area contributed by atoms with Gasteiger partial charge in [0.05, 0.1) is 25.0 Å². The highest BCUT2D eigenvalue weighted by Gasteiger charge is 2.08. The predicted octanol–water partition coefficient (Wildman–Crippen LogP) is 2.13. The highest BCUT2D eigenvalue weighted by molar-refractivity contribution is 5.45. The molecule has 0 bridgehead atoms. The van der Waals surface area contributed by atoms with Gasteiger partial charge >= 0.3 is 0 Å². The standard InChI is InChI=1S/C18H19N7O/c1-26-12-16-7-17(25-18(23-16)20-13-22-25)19-8-15-9-21-24(11-15)10-14-5-3-2-4-6-14/h2-7,9,11,13,19H,8,10,12H2,1H3. The number of fused-ring (bicyclic) bond motifs is 1. The Morgan fingerprint density at radius 3 is 2.85 bits per heavy atom. The average molecular weight is 349 g/mol. The molecule has 0 aliphatic heterocycles. The quantitative estimate of drug-likeness (QED) is 0.550. The maximum absolute atomic E-state index is 5.17. The van der Waals surface area contributed by atoms with Crippen LogP contribution in [0.1, 0.15) is 16.8 Å². The van der Waals surface area contributed by atoms with Crippen LogP contribution in [-0.4, -0.2) is 36.5 Å². The van der Waals surface area contributed by atoms with Gasteiger partial charge in [-0.1, -0.05) is 30.3 Å². The van der Waals surface area contributed by atoms with E-state index < -0.39 is 0 Å². The third kappa shape index (κ3) is 3.55. The van der Waals surface area contributed by atoms with Crippen LogP contribution in [0.4, 0.5) is 5.82 Å². The molecule has 0 amide bonds. The van der Waals surface area contributed by atoms with E-state index in [1.165, 1.54) is 11.9 Å². The highest BCUT2D eigenvalue weighted by atomic mass is 16.5. The van der Waals surface area contributed by atoms with Crippen LogP contribution in [0.15, 0.2) is 55.1 Å². The van der Waals surface area contributed by atoms with Gasteiger partial charge in [-0.25, -0.2) is 4.98 Å². The van der Waals surface area contributed by atoms with Crippen molar-refractivity contribution in [1.82, 2.24) is 29.4 Å². The van der Waals surface area contributed by atoms with Crippen molar-refractivity contribution >= 4 is 11.6 Å². The van der Waals surface area contributed by atoms with Gasteiger partial charge in [-0.05, 0) is 5.56 Å². The van der Waals surface area contributed by atoms with Crippen LogP contribution in [0.2, 0.25) is 0 Å². The lowest BCUT2D eigenvalue weighted by Gasteiger charge is -2.08. The van der Waals surface area contributed by atoms with Crippen LogP contribution in [0.5, 0.6) is 0 Å². The predicted molar refractivity (Wildman–Crippen MR) is 96.6 cm³/mol. The molecule has 0 saturated carbocycles. The first kappa shape index (κ1) is 16.2. The molecule has 8 heteroatoms. The van der Waals surface area contributed by atoms with E-state index in [0.29, 0.717) is 18.9 Å². The van der Waals surface area contributed by atoms with E-state index in [1.54, 1.807) is 11.6 Å². The summed E-state index contributed by atoms with van der Waals surface area (Å²) in [6.45, 7) is 1.80. The molecule has 3 aromatic heterocycles. The van der Waals surface area contributed by atoms with Crippen molar-refractivity contribution in [2.24, 2.45) is 0 Å². The minimum absolute atomic E-state index is 0.424. The van der Waals surface area contributed by atoms with Gasteiger partial charge in [0.15, 0.2) is 0 Å². The lowest BCUT2D eigenvalue weighted by atomic mass is 10.2. The minimum atomic E-state index is 0.424. The maximum Gasteiger partial charge on any atom is 0.254 e. The van der Waals surface area contributed by atoms with E-state index >= 15 is 0 Å². The summed E-state index contributed by atoms with van der Waals surface area (Å²) in [7, 11) is 1.64. The van der Waals surface area contributed by atoms with Crippen molar-refractivity contribution in [1.29, 1.82) is 0 Å². The van der Waals surface area contributed by atoms with Crippen molar-refractivity contribution < 1.29 is 4.74 Å². The maximum atomic E-state index is 5.17. The first-order chi connectivity index (χ1) is 12.8. The number of aromatic nitrogens is 6. The summed E-state index contributed by atoms with van der Waals surface area (Å²) in [4.78, 5) is 8.56. The fourth-order valence-electron chi connectivity index (χ4n) is 2.76. The minimum Gasteiger partial charge on any atom is -0.378 e. The molecular weight excluding hydrogens is 330 g/mol. The van der Waals surface area contributed by atoms with Gasteiger partial charge in [0, 0.05) is 31.5 Å². The molecule has 0 aliphatic rings. The summed E-state index contributed by atoms with van der Waals surface area (Å²) in [5.41, 5.74) is 3.10. The van der Waals surface area contributed by atoms with Crippen LogP contribution in [-0.2, 0) is 24.4 Å². The Morgan fingerprint density at radius 1 is 1.12 bits per heavy atom. The SMILES string of the molecule is COCc1cc(NCc2cnn(Cc3ccccc3)c2)n2ncnc2n1. The van der Waals surface area contributed by atoms with E-state index in [-0.39, 0.29) is 0 Å². The second kappa shape index (κ2) is 7.32. The summed E-state index contributed by atoms with van der Waals surface area (Å²) in [6.07, 6.45) is 5.39.